The molecule has 3 aromatic rings. The first-order valence-corrected chi connectivity index (χ1v) is 10.5. The lowest BCUT2D eigenvalue weighted by molar-refractivity contribution is -0.137. The van der Waals surface area contributed by atoms with E-state index in [9.17, 15) is 22.8 Å². The highest BCUT2D eigenvalue weighted by Crippen LogP contribution is 2.36. The lowest BCUT2D eigenvalue weighted by atomic mass is 10.1. The maximum absolute atomic E-state index is 13.2. The van der Waals surface area contributed by atoms with Gasteiger partial charge in [0.15, 0.2) is 0 Å². The van der Waals surface area contributed by atoms with Crippen LogP contribution < -0.4 is 15.8 Å². The number of alkyl halides is 3. The highest BCUT2D eigenvalue weighted by molar-refractivity contribution is 5.94. The van der Waals surface area contributed by atoms with Crippen molar-refractivity contribution >= 4 is 28.2 Å². The van der Waals surface area contributed by atoms with Gasteiger partial charge < -0.3 is 10.2 Å². The number of fused-ring (bicyclic) bond motifs is 1. The van der Waals surface area contributed by atoms with Crippen LogP contribution in [0.3, 0.4) is 0 Å². The van der Waals surface area contributed by atoms with Crippen molar-refractivity contribution in [3.63, 3.8) is 0 Å². The summed E-state index contributed by atoms with van der Waals surface area (Å²) in [5.74, 6) is -0.470. The number of para-hydroxylation sites is 1. The van der Waals surface area contributed by atoms with Crippen molar-refractivity contribution in [2.75, 3.05) is 23.3 Å². The van der Waals surface area contributed by atoms with Crippen molar-refractivity contribution < 1.29 is 18.0 Å². The van der Waals surface area contributed by atoms with Gasteiger partial charge in [-0.2, -0.15) is 13.2 Å². The van der Waals surface area contributed by atoms with E-state index in [2.05, 4.69) is 10.3 Å². The normalized spacial score (nSPS) is 14.5. The molecule has 1 aliphatic heterocycles. The molecule has 9 heteroatoms. The number of halogens is 3. The first-order chi connectivity index (χ1) is 15.3. The van der Waals surface area contributed by atoms with Gasteiger partial charge in [-0.3, -0.25) is 14.2 Å². The molecule has 0 radical (unpaired) electrons. The van der Waals surface area contributed by atoms with Gasteiger partial charge in [0.05, 0.1) is 34.2 Å². The van der Waals surface area contributed by atoms with Crippen LogP contribution in [-0.4, -0.2) is 28.5 Å². The maximum Gasteiger partial charge on any atom is 0.416 e. The topological polar surface area (TPSA) is 67.2 Å². The predicted molar refractivity (Wildman–Crippen MR) is 117 cm³/mol. The minimum atomic E-state index is -4.51. The van der Waals surface area contributed by atoms with E-state index in [1.165, 1.54) is 17.0 Å². The number of amides is 1. The second kappa shape index (κ2) is 9.02. The summed E-state index contributed by atoms with van der Waals surface area (Å²) in [4.78, 5) is 31.4. The van der Waals surface area contributed by atoms with Gasteiger partial charge in [0, 0.05) is 26.1 Å². The van der Waals surface area contributed by atoms with Gasteiger partial charge >= 0.3 is 6.18 Å². The Kier molecular flexibility index (Phi) is 6.16. The molecule has 0 spiro atoms. The van der Waals surface area contributed by atoms with Crippen LogP contribution in [0.2, 0.25) is 0 Å². The molecule has 4 rings (SSSR count). The second-order valence-corrected chi connectivity index (χ2v) is 7.84. The predicted octanol–water partition coefficient (Wildman–Crippen LogP) is 4.43. The minimum Gasteiger partial charge on any atom is -0.370 e. The maximum atomic E-state index is 13.2. The Morgan fingerprint density at radius 3 is 2.56 bits per heavy atom. The second-order valence-electron chi connectivity index (χ2n) is 7.84. The van der Waals surface area contributed by atoms with Crippen LogP contribution in [0, 0.1) is 0 Å². The van der Waals surface area contributed by atoms with Gasteiger partial charge in [0.25, 0.3) is 5.56 Å². The molecule has 1 amide bonds. The standard InChI is InChI=1S/C23H23F3N4O2/c24-23(25,26)16-8-9-20(29-11-4-1-5-12-29)19(14-16)28-21(31)10-13-30-15-27-18-7-3-2-6-17(18)22(30)32/h2-3,6-9,14-15H,1,4-5,10-13H2,(H,28,31). The zero-order valence-corrected chi connectivity index (χ0v) is 17.4. The Morgan fingerprint density at radius 1 is 1.06 bits per heavy atom. The zero-order chi connectivity index (χ0) is 22.7. The van der Waals surface area contributed by atoms with Crippen molar-refractivity contribution in [1.82, 2.24) is 9.55 Å². The Labute approximate surface area is 182 Å². The van der Waals surface area contributed by atoms with Gasteiger partial charge in [-0.15, -0.1) is 0 Å². The fourth-order valence-corrected chi connectivity index (χ4v) is 3.92. The fraction of sp³-hybridized carbons (Fsp3) is 0.348. The number of hydrogen-bond donors (Lipinski definition) is 1. The van der Waals surface area contributed by atoms with Gasteiger partial charge in [0.1, 0.15) is 0 Å². The number of carbonyl (C=O) groups is 1. The van der Waals surface area contributed by atoms with Crippen molar-refractivity contribution in [1.29, 1.82) is 0 Å². The SMILES string of the molecule is O=C(CCn1cnc2ccccc2c1=O)Nc1cc(C(F)(F)F)ccc1N1CCCCC1. The van der Waals surface area contributed by atoms with Crippen LogP contribution >= 0.6 is 0 Å². The largest absolute Gasteiger partial charge is 0.416 e. The summed E-state index contributed by atoms with van der Waals surface area (Å²) in [5.41, 5.74) is 0.194. The Bertz CT molecular complexity index is 1180. The van der Waals surface area contributed by atoms with Gasteiger partial charge in [-0.1, -0.05) is 12.1 Å². The molecule has 2 heterocycles. The zero-order valence-electron chi connectivity index (χ0n) is 17.4. The molecule has 1 fully saturated rings. The third-order valence-corrected chi connectivity index (χ3v) is 5.61. The Morgan fingerprint density at radius 2 is 1.81 bits per heavy atom. The molecule has 0 saturated carbocycles. The molecule has 1 aliphatic rings. The van der Waals surface area contributed by atoms with E-state index in [0.29, 0.717) is 16.6 Å². The van der Waals surface area contributed by atoms with Crippen LogP contribution in [0.15, 0.2) is 53.6 Å². The highest BCUT2D eigenvalue weighted by Gasteiger charge is 2.31. The van der Waals surface area contributed by atoms with Gasteiger partial charge in [-0.05, 0) is 49.6 Å². The average molecular weight is 444 g/mol. The van der Waals surface area contributed by atoms with E-state index < -0.39 is 17.6 Å². The number of hydrogen-bond acceptors (Lipinski definition) is 4. The molecule has 2 aromatic carbocycles. The smallest absolute Gasteiger partial charge is 0.370 e. The summed E-state index contributed by atoms with van der Waals surface area (Å²) in [7, 11) is 0. The van der Waals surface area contributed by atoms with Crippen molar-refractivity contribution in [2.45, 2.75) is 38.4 Å². The summed E-state index contributed by atoms with van der Waals surface area (Å²) >= 11 is 0. The molecule has 6 nitrogen and oxygen atoms in total. The number of rotatable bonds is 5. The van der Waals surface area contributed by atoms with E-state index in [1.807, 2.05) is 4.90 Å². The quantitative estimate of drug-likeness (QED) is 0.632. The third kappa shape index (κ3) is 4.76. The summed E-state index contributed by atoms with van der Waals surface area (Å²) < 4.78 is 41.1. The van der Waals surface area contributed by atoms with Crippen LogP contribution in [0.4, 0.5) is 24.5 Å². The van der Waals surface area contributed by atoms with Crippen LogP contribution in [-0.2, 0) is 17.5 Å². The van der Waals surface area contributed by atoms with E-state index in [0.717, 1.165) is 44.5 Å². The molecule has 1 aromatic heterocycles. The minimum absolute atomic E-state index is 0.0700. The first-order valence-electron chi connectivity index (χ1n) is 10.5. The lowest BCUT2D eigenvalue weighted by Gasteiger charge is -2.31. The number of nitrogens with one attached hydrogen (secondary N) is 1. The van der Waals surface area contributed by atoms with Crippen molar-refractivity contribution in [3.05, 3.63) is 64.7 Å². The number of carbonyl (C=O) groups excluding carboxylic acids is 1. The summed E-state index contributed by atoms with van der Waals surface area (Å²) in [6, 6.07) is 10.3. The van der Waals surface area contributed by atoms with Gasteiger partial charge in [0.2, 0.25) is 5.91 Å². The number of piperidine rings is 1. The van der Waals surface area contributed by atoms with Crippen molar-refractivity contribution in [3.8, 4) is 0 Å². The molecular formula is C23H23F3N4O2. The van der Waals surface area contributed by atoms with Gasteiger partial charge in [-0.25, -0.2) is 4.98 Å². The number of aryl methyl sites for hydroxylation is 1. The molecular weight excluding hydrogens is 421 g/mol. The van der Waals surface area contributed by atoms with E-state index in [-0.39, 0.29) is 24.2 Å². The molecule has 32 heavy (non-hydrogen) atoms. The monoisotopic (exact) mass is 444 g/mol. The molecule has 1 N–H and O–H groups in total. The number of benzene rings is 2. The molecule has 0 aliphatic carbocycles. The average Bonchev–Trinajstić information content (AvgIpc) is 2.79. The Balaban J connectivity index is 1.53. The van der Waals surface area contributed by atoms with Crippen molar-refractivity contribution in [2.24, 2.45) is 0 Å². The number of aromatic nitrogens is 2. The molecule has 0 bridgehead atoms. The molecule has 168 valence electrons. The van der Waals surface area contributed by atoms with E-state index in [1.54, 1.807) is 24.3 Å². The van der Waals surface area contributed by atoms with E-state index in [4.69, 9.17) is 0 Å². The molecule has 1 saturated heterocycles. The summed E-state index contributed by atoms with van der Waals surface area (Å²) in [6.45, 7) is 1.53. The third-order valence-electron chi connectivity index (χ3n) is 5.61. The molecule has 0 unspecified atom stereocenters. The fourth-order valence-electron chi connectivity index (χ4n) is 3.92. The van der Waals surface area contributed by atoms with E-state index >= 15 is 0 Å². The molecule has 0 atom stereocenters. The number of nitrogens with zero attached hydrogens (tertiary/aromatic N) is 3. The lowest BCUT2D eigenvalue weighted by Crippen LogP contribution is -2.31. The van der Waals surface area contributed by atoms with Crippen LogP contribution in [0.5, 0.6) is 0 Å². The number of anilines is 2. The first kappa shape index (κ1) is 21.9. The Hall–Kier alpha value is -3.36. The highest BCUT2D eigenvalue weighted by atomic mass is 19.4. The van der Waals surface area contributed by atoms with Crippen LogP contribution in [0.25, 0.3) is 10.9 Å². The summed E-state index contributed by atoms with van der Waals surface area (Å²) in [6.07, 6.45) is -0.229. The summed E-state index contributed by atoms with van der Waals surface area (Å²) in [5, 5.41) is 3.08. The van der Waals surface area contributed by atoms with Crippen LogP contribution in [0.1, 0.15) is 31.2 Å².